The minimum absolute atomic E-state index is 0.286. The van der Waals surface area contributed by atoms with Gasteiger partial charge in [-0.05, 0) is 38.1 Å². The zero-order chi connectivity index (χ0) is 13.0. The van der Waals surface area contributed by atoms with Crippen molar-refractivity contribution in [3.63, 3.8) is 0 Å². The Morgan fingerprint density at radius 1 is 1.22 bits per heavy atom. The predicted octanol–water partition coefficient (Wildman–Crippen LogP) is 1.20. The number of halogens is 1. The van der Waals surface area contributed by atoms with E-state index in [1.165, 1.54) is 31.0 Å². The molecule has 1 aromatic rings. The quantitative estimate of drug-likeness (QED) is 0.876. The molecule has 1 fully saturated rings. The smallest absolute Gasteiger partial charge is 0.243 e. The molecule has 1 N–H and O–H groups in total. The molecule has 0 saturated carbocycles. The summed E-state index contributed by atoms with van der Waals surface area (Å²) in [6, 6.07) is 5.40. The minimum atomic E-state index is -3.73. The summed E-state index contributed by atoms with van der Waals surface area (Å²) < 4.78 is 39.5. The summed E-state index contributed by atoms with van der Waals surface area (Å²) in [5.41, 5.74) is 0. The van der Waals surface area contributed by atoms with Crippen LogP contribution in [0.3, 0.4) is 0 Å². The Balaban J connectivity index is 1.93. The van der Waals surface area contributed by atoms with E-state index < -0.39 is 15.8 Å². The van der Waals surface area contributed by atoms with Crippen molar-refractivity contribution in [1.82, 2.24) is 9.62 Å². The standard InChI is InChI=1S/C12H17FN2O2S/c13-11-5-1-2-6-12(11)18(16,17)14-7-10-15-8-3-4-9-15/h1-2,5-6,14H,3-4,7-10H2. The average Bonchev–Trinajstić information content (AvgIpc) is 2.82. The van der Waals surface area contributed by atoms with Crippen LogP contribution >= 0.6 is 0 Å². The van der Waals surface area contributed by atoms with Crippen LogP contribution in [-0.4, -0.2) is 39.5 Å². The lowest BCUT2D eigenvalue weighted by atomic mass is 10.4. The van der Waals surface area contributed by atoms with Crippen molar-refractivity contribution in [2.45, 2.75) is 17.7 Å². The van der Waals surface area contributed by atoms with E-state index in [0.29, 0.717) is 13.1 Å². The van der Waals surface area contributed by atoms with Gasteiger partial charge in [-0.3, -0.25) is 0 Å². The molecule has 0 amide bonds. The summed E-state index contributed by atoms with van der Waals surface area (Å²) in [5, 5.41) is 0. The molecule has 0 radical (unpaired) electrons. The van der Waals surface area contributed by atoms with Crippen molar-refractivity contribution in [1.29, 1.82) is 0 Å². The van der Waals surface area contributed by atoms with Crippen molar-refractivity contribution in [2.75, 3.05) is 26.2 Å². The lowest BCUT2D eigenvalue weighted by Crippen LogP contribution is -2.33. The van der Waals surface area contributed by atoms with Crippen molar-refractivity contribution in [3.05, 3.63) is 30.1 Å². The number of hydrogen-bond donors (Lipinski definition) is 1. The van der Waals surface area contributed by atoms with Crippen LogP contribution < -0.4 is 4.72 Å². The van der Waals surface area contributed by atoms with Crippen molar-refractivity contribution < 1.29 is 12.8 Å². The minimum Gasteiger partial charge on any atom is -0.302 e. The van der Waals surface area contributed by atoms with Crippen molar-refractivity contribution >= 4 is 10.0 Å². The molecule has 1 aliphatic rings. The van der Waals surface area contributed by atoms with E-state index in [9.17, 15) is 12.8 Å². The lowest BCUT2D eigenvalue weighted by molar-refractivity contribution is 0.344. The van der Waals surface area contributed by atoms with Gasteiger partial charge in [-0.15, -0.1) is 0 Å². The number of benzene rings is 1. The summed E-state index contributed by atoms with van der Waals surface area (Å²) in [4.78, 5) is 1.91. The molecule has 1 aliphatic heterocycles. The Morgan fingerprint density at radius 3 is 2.56 bits per heavy atom. The molecule has 0 bridgehead atoms. The fraction of sp³-hybridized carbons (Fsp3) is 0.500. The highest BCUT2D eigenvalue weighted by Crippen LogP contribution is 2.13. The maximum atomic E-state index is 13.4. The fourth-order valence-corrected chi connectivity index (χ4v) is 3.18. The van der Waals surface area contributed by atoms with Gasteiger partial charge in [-0.1, -0.05) is 12.1 Å². The van der Waals surface area contributed by atoms with Crippen LogP contribution in [0.15, 0.2) is 29.2 Å². The topological polar surface area (TPSA) is 49.4 Å². The molecule has 6 heteroatoms. The zero-order valence-corrected chi connectivity index (χ0v) is 10.9. The largest absolute Gasteiger partial charge is 0.302 e. The van der Waals surface area contributed by atoms with Gasteiger partial charge >= 0.3 is 0 Å². The fourth-order valence-electron chi connectivity index (χ4n) is 2.08. The molecule has 4 nitrogen and oxygen atoms in total. The molecular formula is C12H17FN2O2S. The monoisotopic (exact) mass is 272 g/mol. The third-order valence-corrected chi connectivity index (χ3v) is 4.54. The number of nitrogens with zero attached hydrogens (tertiary/aromatic N) is 1. The Morgan fingerprint density at radius 2 is 1.89 bits per heavy atom. The van der Waals surface area contributed by atoms with Crippen LogP contribution in [0.4, 0.5) is 4.39 Å². The molecule has 18 heavy (non-hydrogen) atoms. The molecule has 1 saturated heterocycles. The van der Waals surface area contributed by atoms with E-state index in [0.717, 1.165) is 19.2 Å². The van der Waals surface area contributed by atoms with E-state index in [-0.39, 0.29) is 4.90 Å². The first-order valence-electron chi connectivity index (χ1n) is 6.06. The molecule has 0 atom stereocenters. The highest BCUT2D eigenvalue weighted by Gasteiger charge is 2.18. The van der Waals surface area contributed by atoms with Gasteiger partial charge in [0.25, 0.3) is 0 Å². The molecule has 100 valence electrons. The number of likely N-dealkylation sites (tertiary alicyclic amines) is 1. The van der Waals surface area contributed by atoms with E-state index in [1.54, 1.807) is 0 Å². The maximum Gasteiger partial charge on any atom is 0.243 e. The first kappa shape index (κ1) is 13.5. The molecule has 0 spiro atoms. The Kier molecular flexibility index (Phi) is 4.31. The van der Waals surface area contributed by atoms with Gasteiger partial charge in [0.05, 0.1) is 0 Å². The van der Waals surface area contributed by atoms with E-state index in [1.807, 2.05) is 0 Å². The second kappa shape index (κ2) is 5.77. The molecule has 0 aromatic heterocycles. The van der Waals surface area contributed by atoms with Gasteiger partial charge in [0.2, 0.25) is 10.0 Å². The number of rotatable bonds is 5. The van der Waals surface area contributed by atoms with Crippen LogP contribution in [0, 0.1) is 5.82 Å². The van der Waals surface area contributed by atoms with Crippen LogP contribution in [0.5, 0.6) is 0 Å². The zero-order valence-electron chi connectivity index (χ0n) is 10.1. The summed E-state index contributed by atoms with van der Waals surface area (Å²) in [6.45, 7) is 3.02. The third-order valence-electron chi connectivity index (χ3n) is 3.04. The van der Waals surface area contributed by atoms with Crippen LogP contribution in [0.1, 0.15) is 12.8 Å². The Hall–Kier alpha value is -0.980. The molecule has 1 heterocycles. The molecule has 0 unspecified atom stereocenters. The molecule has 1 aromatic carbocycles. The predicted molar refractivity (Wildman–Crippen MR) is 67.3 cm³/mol. The average molecular weight is 272 g/mol. The van der Waals surface area contributed by atoms with Gasteiger partial charge in [0, 0.05) is 13.1 Å². The van der Waals surface area contributed by atoms with E-state index in [2.05, 4.69) is 9.62 Å². The van der Waals surface area contributed by atoms with Gasteiger partial charge in [-0.2, -0.15) is 0 Å². The van der Waals surface area contributed by atoms with Crippen LogP contribution in [-0.2, 0) is 10.0 Å². The normalized spacial score (nSPS) is 17.2. The Labute approximate surface area is 107 Å². The van der Waals surface area contributed by atoms with Crippen molar-refractivity contribution in [2.24, 2.45) is 0 Å². The van der Waals surface area contributed by atoms with Crippen LogP contribution in [0.2, 0.25) is 0 Å². The highest BCUT2D eigenvalue weighted by molar-refractivity contribution is 7.89. The SMILES string of the molecule is O=S(=O)(NCCN1CCCC1)c1ccccc1F. The first-order valence-corrected chi connectivity index (χ1v) is 7.54. The summed E-state index contributed by atoms with van der Waals surface area (Å²) in [5.74, 6) is -0.717. The van der Waals surface area contributed by atoms with E-state index in [4.69, 9.17) is 0 Å². The lowest BCUT2D eigenvalue weighted by Gasteiger charge is -2.14. The van der Waals surface area contributed by atoms with Crippen molar-refractivity contribution in [3.8, 4) is 0 Å². The first-order chi connectivity index (χ1) is 8.59. The summed E-state index contributed by atoms with van der Waals surface area (Å²) in [6.07, 6.45) is 2.33. The third kappa shape index (κ3) is 3.28. The highest BCUT2D eigenvalue weighted by atomic mass is 32.2. The molecule has 0 aliphatic carbocycles. The van der Waals surface area contributed by atoms with Gasteiger partial charge in [-0.25, -0.2) is 17.5 Å². The Bertz CT molecular complexity index is 499. The van der Waals surface area contributed by atoms with E-state index >= 15 is 0 Å². The second-order valence-corrected chi connectivity index (χ2v) is 6.11. The van der Waals surface area contributed by atoms with Crippen LogP contribution in [0.25, 0.3) is 0 Å². The number of hydrogen-bond acceptors (Lipinski definition) is 3. The second-order valence-electron chi connectivity index (χ2n) is 4.38. The molecular weight excluding hydrogens is 255 g/mol. The van der Waals surface area contributed by atoms with Gasteiger partial charge < -0.3 is 4.90 Å². The van der Waals surface area contributed by atoms with Gasteiger partial charge in [0.1, 0.15) is 10.7 Å². The maximum absolute atomic E-state index is 13.4. The number of nitrogens with one attached hydrogen (secondary N) is 1. The number of sulfonamides is 1. The molecule has 2 rings (SSSR count). The summed E-state index contributed by atoms with van der Waals surface area (Å²) >= 11 is 0. The summed E-state index contributed by atoms with van der Waals surface area (Å²) in [7, 11) is -3.73. The van der Waals surface area contributed by atoms with Gasteiger partial charge in [0.15, 0.2) is 0 Å².